The Hall–Kier alpha value is -2.74. The molecule has 0 saturated carbocycles. The molecular weight excluding hydrogens is 342 g/mol. The van der Waals surface area contributed by atoms with Gasteiger partial charge >= 0.3 is 0 Å². The van der Waals surface area contributed by atoms with Crippen molar-refractivity contribution in [3.8, 4) is 11.5 Å². The molecule has 2 nitrogen and oxygen atoms in total. The smallest absolute Gasteiger partial charge is 0.135 e. The number of anilines is 1. The Morgan fingerprint density at radius 2 is 1.75 bits per heavy atom. The van der Waals surface area contributed by atoms with E-state index in [4.69, 9.17) is 4.74 Å². The van der Waals surface area contributed by atoms with Crippen LogP contribution in [0.3, 0.4) is 0 Å². The van der Waals surface area contributed by atoms with E-state index in [9.17, 15) is 0 Å². The summed E-state index contributed by atoms with van der Waals surface area (Å²) in [7, 11) is 0. The number of rotatable bonds is 4. The minimum atomic E-state index is -0.0538. The van der Waals surface area contributed by atoms with Gasteiger partial charge < -0.3 is 10.1 Å². The van der Waals surface area contributed by atoms with Gasteiger partial charge in [0.2, 0.25) is 0 Å². The van der Waals surface area contributed by atoms with Gasteiger partial charge in [-0.3, -0.25) is 0 Å². The van der Waals surface area contributed by atoms with Crippen molar-refractivity contribution in [2.45, 2.75) is 53.0 Å². The number of hydrogen-bond acceptors (Lipinski definition) is 2. The van der Waals surface area contributed by atoms with Gasteiger partial charge in [-0.2, -0.15) is 0 Å². The fraction of sp³-hybridized carbons (Fsp3) is 0.308. The van der Waals surface area contributed by atoms with Crippen LogP contribution in [0.25, 0.3) is 16.3 Å². The third-order valence-electron chi connectivity index (χ3n) is 5.64. The molecular formula is C26H29NO. The first-order chi connectivity index (χ1) is 13.4. The molecule has 0 aliphatic carbocycles. The lowest BCUT2D eigenvalue weighted by molar-refractivity contribution is 0.488. The summed E-state index contributed by atoms with van der Waals surface area (Å²) in [4.78, 5) is 0. The fourth-order valence-electron chi connectivity index (χ4n) is 4.44. The minimum absolute atomic E-state index is 0.0538. The van der Waals surface area contributed by atoms with Crippen LogP contribution in [0.4, 0.5) is 5.69 Å². The SMILES string of the molecule is CCc1ccc2c(Oc3ccc4c(c3)NC(C)(C)C=C4C)cccc2c1CC. The molecule has 0 unspecified atom stereocenters. The summed E-state index contributed by atoms with van der Waals surface area (Å²) in [5.41, 5.74) is 6.47. The molecule has 28 heavy (non-hydrogen) atoms. The number of aryl methyl sites for hydroxylation is 2. The summed E-state index contributed by atoms with van der Waals surface area (Å²) in [5, 5.41) is 6.09. The van der Waals surface area contributed by atoms with E-state index in [1.165, 1.54) is 33.0 Å². The number of allylic oxidation sites excluding steroid dienone is 1. The first-order valence-electron chi connectivity index (χ1n) is 10.2. The van der Waals surface area contributed by atoms with Crippen molar-refractivity contribution in [3.05, 3.63) is 71.3 Å². The topological polar surface area (TPSA) is 21.3 Å². The highest BCUT2D eigenvalue weighted by Gasteiger charge is 2.22. The van der Waals surface area contributed by atoms with E-state index < -0.39 is 0 Å². The van der Waals surface area contributed by atoms with Crippen molar-refractivity contribution in [2.75, 3.05) is 5.32 Å². The van der Waals surface area contributed by atoms with Crippen molar-refractivity contribution in [2.24, 2.45) is 0 Å². The molecule has 0 atom stereocenters. The molecule has 144 valence electrons. The number of ether oxygens (including phenoxy) is 1. The highest BCUT2D eigenvalue weighted by molar-refractivity contribution is 5.92. The van der Waals surface area contributed by atoms with Crippen molar-refractivity contribution >= 4 is 22.0 Å². The second kappa shape index (κ2) is 7.01. The van der Waals surface area contributed by atoms with Crippen LogP contribution in [0.15, 0.2) is 54.6 Å². The highest BCUT2D eigenvalue weighted by atomic mass is 16.5. The van der Waals surface area contributed by atoms with Crippen molar-refractivity contribution in [1.29, 1.82) is 0 Å². The van der Waals surface area contributed by atoms with E-state index in [-0.39, 0.29) is 5.54 Å². The summed E-state index contributed by atoms with van der Waals surface area (Å²) in [6, 6.07) is 17.2. The Morgan fingerprint density at radius 1 is 0.929 bits per heavy atom. The Balaban J connectivity index is 1.75. The number of fused-ring (bicyclic) bond motifs is 2. The van der Waals surface area contributed by atoms with Gasteiger partial charge in [0.25, 0.3) is 0 Å². The Bertz CT molecular complexity index is 1080. The largest absolute Gasteiger partial charge is 0.457 e. The third-order valence-corrected chi connectivity index (χ3v) is 5.64. The standard InChI is InChI=1S/C26H29NO/c1-6-18-11-13-23-22(20(18)7-2)9-8-10-25(23)28-19-12-14-21-17(3)16-26(4,5)27-24(21)15-19/h8-16,27H,6-7H2,1-5H3. The lowest BCUT2D eigenvalue weighted by Crippen LogP contribution is -2.31. The predicted molar refractivity (Wildman–Crippen MR) is 121 cm³/mol. The van der Waals surface area contributed by atoms with Crippen molar-refractivity contribution < 1.29 is 4.74 Å². The van der Waals surface area contributed by atoms with Crippen LogP contribution >= 0.6 is 0 Å². The molecule has 0 aromatic heterocycles. The van der Waals surface area contributed by atoms with Crippen LogP contribution in [0.1, 0.15) is 51.3 Å². The van der Waals surface area contributed by atoms with Gasteiger partial charge in [0.05, 0.1) is 5.54 Å². The summed E-state index contributed by atoms with van der Waals surface area (Å²) in [5.74, 6) is 1.78. The van der Waals surface area contributed by atoms with Gasteiger partial charge in [0.15, 0.2) is 0 Å². The summed E-state index contributed by atoms with van der Waals surface area (Å²) in [6.45, 7) is 11.0. The van der Waals surface area contributed by atoms with Crippen LogP contribution < -0.4 is 10.1 Å². The van der Waals surface area contributed by atoms with Gasteiger partial charge in [0, 0.05) is 22.7 Å². The molecule has 1 N–H and O–H groups in total. The van der Waals surface area contributed by atoms with E-state index in [0.29, 0.717) is 0 Å². The maximum atomic E-state index is 6.37. The van der Waals surface area contributed by atoms with E-state index in [1.807, 2.05) is 0 Å². The predicted octanol–water partition coefficient (Wildman–Crippen LogP) is 7.36. The summed E-state index contributed by atoms with van der Waals surface area (Å²) < 4.78 is 6.37. The molecule has 1 heterocycles. The molecule has 0 bridgehead atoms. The zero-order valence-electron chi connectivity index (χ0n) is 17.5. The molecule has 1 aliphatic heterocycles. The monoisotopic (exact) mass is 371 g/mol. The van der Waals surface area contributed by atoms with E-state index in [1.54, 1.807) is 0 Å². The second-order valence-corrected chi connectivity index (χ2v) is 8.25. The lowest BCUT2D eigenvalue weighted by Gasteiger charge is -2.31. The first-order valence-corrected chi connectivity index (χ1v) is 10.2. The molecule has 0 saturated heterocycles. The van der Waals surface area contributed by atoms with Gasteiger partial charge in [-0.25, -0.2) is 0 Å². The molecule has 0 radical (unpaired) electrons. The normalized spacial score (nSPS) is 15.0. The average molecular weight is 372 g/mol. The fourth-order valence-corrected chi connectivity index (χ4v) is 4.44. The number of nitrogens with one attached hydrogen (secondary N) is 1. The number of benzene rings is 3. The molecule has 3 aromatic carbocycles. The van der Waals surface area contributed by atoms with Gasteiger partial charge in [0.1, 0.15) is 11.5 Å². The average Bonchev–Trinajstić information content (AvgIpc) is 2.66. The van der Waals surface area contributed by atoms with E-state index >= 15 is 0 Å². The quantitative estimate of drug-likeness (QED) is 0.517. The van der Waals surface area contributed by atoms with E-state index in [0.717, 1.165) is 30.0 Å². The molecule has 1 aliphatic rings. The molecule has 4 rings (SSSR count). The Kier molecular flexibility index (Phi) is 4.66. The summed E-state index contributed by atoms with van der Waals surface area (Å²) in [6.07, 6.45) is 4.37. The summed E-state index contributed by atoms with van der Waals surface area (Å²) >= 11 is 0. The van der Waals surface area contributed by atoms with Crippen molar-refractivity contribution in [3.63, 3.8) is 0 Å². The maximum Gasteiger partial charge on any atom is 0.135 e. The molecule has 0 fully saturated rings. The lowest BCUT2D eigenvalue weighted by atomic mass is 9.91. The zero-order valence-corrected chi connectivity index (χ0v) is 17.5. The highest BCUT2D eigenvalue weighted by Crippen LogP contribution is 2.38. The number of hydrogen-bond donors (Lipinski definition) is 1. The third kappa shape index (κ3) is 3.28. The first kappa shape index (κ1) is 18.6. The van der Waals surface area contributed by atoms with Crippen LogP contribution in [-0.4, -0.2) is 5.54 Å². The van der Waals surface area contributed by atoms with Gasteiger partial charge in [-0.15, -0.1) is 0 Å². The molecule has 2 heteroatoms. The zero-order chi connectivity index (χ0) is 19.9. The van der Waals surface area contributed by atoms with Crippen LogP contribution in [-0.2, 0) is 12.8 Å². The van der Waals surface area contributed by atoms with Crippen LogP contribution in [0.5, 0.6) is 11.5 Å². The van der Waals surface area contributed by atoms with Crippen LogP contribution in [0.2, 0.25) is 0 Å². The van der Waals surface area contributed by atoms with Gasteiger partial charge in [-0.05, 0) is 73.9 Å². The Labute approximate surface area is 168 Å². The molecule has 3 aromatic rings. The minimum Gasteiger partial charge on any atom is -0.457 e. The van der Waals surface area contributed by atoms with Gasteiger partial charge in [-0.1, -0.05) is 44.2 Å². The second-order valence-electron chi connectivity index (χ2n) is 8.25. The Morgan fingerprint density at radius 3 is 2.50 bits per heavy atom. The molecule has 0 spiro atoms. The maximum absolute atomic E-state index is 6.37. The molecule has 0 amide bonds. The van der Waals surface area contributed by atoms with E-state index in [2.05, 4.69) is 94.5 Å². The van der Waals surface area contributed by atoms with Crippen molar-refractivity contribution in [1.82, 2.24) is 0 Å². The van der Waals surface area contributed by atoms with Crippen LogP contribution in [0, 0.1) is 0 Å².